The predicted octanol–water partition coefficient (Wildman–Crippen LogP) is 3.58. The highest BCUT2D eigenvalue weighted by molar-refractivity contribution is 7.92. The van der Waals surface area contributed by atoms with Gasteiger partial charge in [0.05, 0.1) is 30.8 Å². The molecule has 1 amide bonds. The molecule has 5 rings (SSSR count). The normalized spacial score (nSPS) is 12.1. The fraction of sp³-hybridized carbons (Fsp3) is 0.172. The smallest absolute Gasteiger partial charge is 0.282 e. The summed E-state index contributed by atoms with van der Waals surface area (Å²) in [5, 5.41) is 10.7. The lowest BCUT2D eigenvalue weighted by atomic mass is 10.1. The van der Waals surface area contributed by atoms with Gasteiger partial charge in [0.15, 0.2) is 5.82 Å². The summed E-state index contributed by atoms with van der Waals surface area (Å²) in [4.78, 5) is 31.6. The van der Waals surface area contributed by atoms with E-state index in [1.807, 2.05) is 43.3 Å². The number of pyridine rings is 1. The van der Waals surface area contributed by atoms with Crippen LogP contribution in [0.4, 0.5) is 22.9 Å². The quantitative estimate of drug-likeness (QED) is 0.197. The second-order valence-corrected chi connectivity index (χ2v) is 11.6. The Labute approximate surface area is 247 Å². The summed E-state index contributed by atoms with van der Waals surface area (Å²) < 4.78 is 34.2. The van der Waals surface area contributed by atoms with Crippen molar-refractivity contribution in [1.29, 1.82) is 0 Å². The van der Waals surface area contributed by atoms with Gasteiger partial charge in [0.25, 0.3) is 11.5 Å². The molecule has 222 valence electrons. The standard InChI is InChI=1S/C29H30N8O5S/c1-17-11-13-36-25(17)29(39)37(21-8-6-5-7-9-21)27(34-36)18(2)32-26-24(23(30)10-12-31-26)28(38)33-19-14-20(35-43(4,40)41)16-22(15-19)42-3/h5-16,18,35H,1-4H3,(H,33,38)(H3,30,31,32). The topological polar surface area (TPSA) is 175 Å². The van der Waals surface area contributed by atoms with Gasteiger partial charge in [-0.15, -0.1) is 0 Å². The Bertz CT molecular complexity index is 2010. The van der Waals surface area contributed by atoms with Crippen molar-refractivity contribution < 1.29 is 17.9 Å². The first kappa shape index (κ1) is 29.1. The Morgan fingerprint density at radius 3 is 2.49 bits per heavy atom. The molecule has 0 saturated heterocycles. The number of aromatic nitrogens is 4. The van der Waals surface area contributed by atoms with Crippen molar-refractivity contribution in [2.75, 3.05) is 34.5 Å². The molecule has 0 radical (unpaired) electrons. The minimum absolute atomic E-state index is 0.0429. The van der Waals surface area contributed by atoms with E-state index in [0.29, 0.717) is 22.8 Å². The van der Waals surface area contributed by atoms with Gasteiger partial charge in [-0.3, -0.25) is 18.9 Å². The number of carbonyl (C=O) groups is 1. The molecule has 0 aliphatic carbocycles. The van der Waals surface area contributed by atoms with Crippen molar-refractivity contribution in [2.45, 2.75) is 19.9 Å². The summed E-state index contributed by atoms with van der Waals surface area (Å²) in [7, 11) is -2.16. The number of methoxy groups -OCH3 is 1. The summed E-state index contributed by atoms with van der Waals surface area (Å²) in [6, 6.07) is 16.3. The molecular weight excluding hydrogens is 572 g/mol. The maximum absolute atomic E-state index is 13.7. The number of anilines is 4. The van der Waals surface area contributed by atoms with Crippen LogP contribution in [0.25, 0.3) is 11.2 Å². The van der Waals surface area contributed by atoms with Crippen LogP contribution >= 0.6 is 0 Å². The van der Waals surface area contributed by atoms with Crippen LogP contribution < -0.4 is 31.4 Å². The SMILES string of the molecule is COc1cc(NC(=O)c2c(N)ccnc2NC(C)c2nn3ccc(C)c3c(=O)n2-c2ccccc2)cc(NS(C)(=O)=O)c1. The van der Waals surface area contributed by atoms with E-state index in [1.165, 1.54) is 46.7 Å². The maximum atomic E-state index is 13.7. The van der Waals surface area contributed by atoms with Crippen molar-refractivity contribution in [3.63, 3.8) is 0 Å². The van der Waals surface area contributed by atoms with Crippen molar-refractivity contribution in [3.05, 3.63) is 100 Å². The number of ether oxygens (including phenoxy) is 1. The number of nitrogens with zero attached hydrogens (tertiary/aromatic N) is 4. The molecule has 14 heteroatoms. The van der Waals surface area contributed by atoms with Gasteiger partial charge in [-0.25, -0.2) is 17.9 Å². The number of aryl methyl sites for hydroxylation is 1. The van der Waals surface area contributed by atoms with Gasteiger partial charge in [-0.1, -0.05) is 18.2 Å². The molecule has 5 N–H and O–H groups in total. The number of carbonyl (C=O) groups excluding carboxylic acids is 1. The first-order valence-corrected chi connectivity index (χ1v) is 15.0. The lowest BCUT2D eigenvalue weighted by Crippen LogP contribution is -2.30. The molecule has 2 aromatic carbocycles. The lowest BCUT2D eigenvalue weighted by Gasteiger charge is -2.21. The van der Waals surface area contributed by atoms with Crippen LogP contribution in [-0.2, 0) is 10.0 Å². The van der Waals surface area contributed by atoms with Crippen LogP contribution in [-0.4, -0.2) is 46.9 Å². The number of nitrogens with two attached hydrogens (primary N) is 1. The van der Waals surface area contributed by atoms with Crippen molar-refractivity contribution in [1.82, 2.24) is 19.2 Å². The highest BCUT2D eigenvalue weighted by Gasteiger charge is 2.23. The molecule has 1 unspecified atom stereocenters. The molecule has 0 spiro atoms. The third kappa shape index (κ3) is 6.13. The monoisotopic (exact) mass is 602 g/mol. The van der Waals surface area contributed by atoms with E-state index >= 15 is 0 Å². The zero-order valence-electron chi connectivity index (χ0n) is 23.8. The van der Waals surface area contributed by atoms with Crippen molar-refractivity contribution in [2.24, 2.45) is 0 Å². The fourth-order valence-electron chi connectivity index (χ4n) is 4.69. The van der Waals surface area contributed by atoms with E-state index in [9.17, 15) is 18.0 Å². The van der Waals surface area contributed by atoms with Gasteiger partial charge in [0.1, 0.15) is 22.6 Å². The van der Waals surface area contributed by atoms with Crippen LogP contribution in [0.15, 0.2) is 77.9 Å². The molecule has 0 bridgehead atoms. The predicted molar refractivity (Wildman–Crippen MR) is 166 cm³/mol. The summed E-state index contributed by atoms with van der Waals surface area (Å²) in [5.74, 6) is 0.235. The molecule has 43 heavy (non-hydrogen) atoms. The average molecular weight is 603 g/mol. The van der Waals surface area contributed by atoms with E-state index in [0.717, 1.165) is 11.8 Å². The van der Waals surface area contributed by atoms with Crippen LogP contribution in [0.3, 0.4) is 0 Å². The number of benzene rings is 2. The van der Waals surface area contributed by atoms with Gasteiger partial charge in [-0.2, -0.15) is 5.10 Å². The number of sulfonamides is 1. The van der Waals surface area contributed by atoms with Crippen LogP contribution in [0, 0.1) is 6.92 Å². The third-order valence-electron chi connectivity index (χ3n) is 6.58. The second-order valence-electron chi connectivity index (χ2n) is 9.89. The number of para-hydroxylation sites is 1. The van der Waals surface area contributed by atoms with E-state index in [2.05, 4.69) is 20.3 Å². The molecular formula is C29H30N8O5S. The molecule has 0 aliphatic rings. The van der Waals surface area contributed by atoms with E-state index in [-0.39, 0.29) is 34.0 Å². The lowest BCUT2D eigenvalue weighted by molar-refractivity contribution is 0.102. The van der Waals surface area contributed by atoms with Crippen LogP contribution in [0.1, 0.15) is 34.7 Å². The number of rotatable bonds is 9. The van der Waals surface area contributed by atoms with Crippen molar-refractivity contribution in [3.8, 4) is 11.4 Å². The third-order valence-corrected chi connectivity index (χ3v) is 7.19. The Hall–Kier alpha value is -5.37. The number of nitrogens with one attached hydrogen (secondary N) is 3. The molecule has 3 heterocycles. The second kappa shape index (κ2) is 11.5. The van der Waals surface area contributed by atoms with E-state index < -0.39 is 22.0 Å². The number of hydrogen-bond acceptors (Lipinski definition) is 9. The number of nitrogen functional groups attached to an aromatic ring is 1. The molecule has 3 aromatic heterocycles. The largest absolute Gasteiger partial charge is 0.497 e. The molecule has 0 saturated carbocycles. The van der Waals surface area contributed by atoms with Crippen molar-refractivity contribution >= 4 is 44.3 Å². The Morgan fingerprint density at radius 1 is 1.07 bits per heavy atom. The van der Waals surface area contributed by atoms with Gasteiger partial charge >= 0.3 is 0 Å². The summed E-state index contributed by atoms with van der Waals surface area (Å²) >= 11 is 0. The molecule has 0 aliphatic heterocycles. The van der Waals surface area contributed by atoms with E-state index in [4.69, 9.17) is 15.6 Å². The zero-order valence-corrected chi connectivity index (χ0v) is 24.6. The maximum Gasteiger partial charge on any atom is 0.282 e. The minimum atomic E-state index is -3.58. The Morgan fingerprint density at radius 2 is 1.79 bits per heavy atom. The summed E-state index contributed by atoms with van der Waals surface area (Å²) in [5.41, 5.74) is 8.51. The highest BCUT2D eigenvalue weighted by atomic mass is 32.2. The highest BCUT2D eigenvalue weighted by Crippen LogP contribution is 2.29. The van der Waals surface area contributed by atoms with Crippen LogP contribution in [0.2, 0.25) is 0 Å². The number of amides is 1. The summed E-state index contributed by atoms with van der Waals surface area (Å²) in [6.07, 6.45) is 4.19. The Balaban J connectivity index is 1.52. The Kier molecular flexibility index (Phi) is 7.78. The number of fused-ring (bicyclic) bond motifs is 1. The summed E-state index contributed by atoms with van der Waals surface area (Å²) in [6.45, 7) is 3.64. The molecule has 1 atom stereocenters. The van der Waals surface area contributed by atoms with Crippen LogP contribution in [0.5, 0.6) is 5.75 Å². The number of hydrogen-bond donors (Lipinski definition) is 4. The van der Waals surface area contributed by atoms with E-state index in [1.54, 1.807) is 13.1 Å². The van der Waals surface area contributed by atoms with Gasteiger partial charge in [-0.05, 0) is 49.7 Å². The van der Waals surface area contributed by atoms with Gasteiger partial charge in [0.2, 0.25) is 10.0 Å². The molecule has 0 fully saturated rings. The first-order valence-electron chi connectivity index (χ1n) is 13.1. The molecule has 13 nitrogen and oxygen atoms in total. The minimum Gasteiger partial charge on any atom is -0.497 e. The van der Waals surface area contributed by atoms with Gasteiger partial charge < -0.3 is 21.1 Å². The zero-order chi connectivity index (χ0) is 30.9. The van der Waals surface area contributed by atoms with Gasteiger partial charge in [0, 0.05) is 35.9 Å². The molecule has 5 aromatic rings. The average Bonchev–Trinajstić information content (AvgIpc) is 3.33. The fourth-order valence-corrected chi connectivity index (χ4v) is 5.23. The first-order chi connectivity index (χ1) is 20.4.